The maximum Gasteiger partial charge on any atom is 0.421 e. The molecule has 0 aliphatic heterocycles. The van der Waals surface area contributed by atoms with Crippen molar-refractivity contribution in [3.8, 4) is 17.2 Å². The van der Waals surface area contributed by atoms with Crippen molar-refractivity contribution in [1.82, 2.24) is 10.6 Å². The molecule has 1 amide bonds. The third kappa shape index (κ3) is 7.12. The predicted octanol–water partition coefficient (Wildman–Crippen LogP) is 6.39. The Morgan fingerprint density at radius 1 is 0.975 bits per heavy atom. The second-order valence-corrected chi connectivity index (χ2v) is 10.7. The molecule has 1 aliphatic rings. The van der Waals surface area contributed by atoms with Gasteiger partial charge in [0.25, 0.3) is 0 Å². The van der Waals surface area contributed by atoms with Crippen molar-refractivity contribution in [2.75, 3.05) is 0 Å². The minimum atomic E-state index is -4.90. The molecule has 0 heterocycles. The fourth-order valence-electron chi connectivity index (χ4n) is 4.38. The number of benzene rings is 2. The fraction of sp³-hybridized carbons (Fsp3) is 0.500. The summed E-state index contributed by atoms with van der Waals surface area (Å²) in [4.78, 5) is 12.8. The van der Waals surface area contributed by atoms with E-state index in [2.05, 4.69) is 10.6 Å². The number of carbonyl (C=O) groups excluding carboxylic acids is 1. The van der Waals surface area contributed by atoms with Gasteiger partial charge in [-0.2, -0.15) is 31.6 Å². The molecular formula is C28H30F7N3O2. The second kappa shape index (κ2) is 11.0. The Balaban J connectivity index is 1.86. The van der Waals surface area contributed by atoms with Gasteiger partial charge in [0, 0.05) is 6.42 Å². The van der Waals surface area contributed by atoms with Gasteiger partial charge in [0.2, 0.25) is 5.91 Å². The molecule has 0 aromatic heterocycles. The number of alkyl halides is 7. The Hall–Kier alpha value is -3.17. The number of carbonyl (C=O) groups is 1. The Labute approximate surface area is 227 Å². The molecule has 2 aromatic carbocycles. The summed E-state index contributed by atoms with van der Waals surface area (Å²) in [5, 5.41) is 24.0. The molecule has 0 bridgehead atoms. The van der Waals surface area contributed by atoms with Gasteiger partial charge in [0.1, 0.15) is 17.2 Å². The summed E-state index contributed by atoms with van der Waals surface area (Å²) in [5.41, 5.74) is -6.04. The van der Waals surface area contributed by atoms with Crippen LogP contribution in [0.3, 0.4) is 0 Å². The van der Waals surface area contributed by atoms with Gasteiger partial charge >= 0.3 is 12.4 Å². The van der Waals surface area contributed by atoms with Crippen LogP contribution in [0.1, 0.15) is 63.6 Å². The number of aliphatic hydroxyl groups is 1. The summed E-state index contributed by atoms with van der Waals surface area (Å²) in [5.74, 6) is -0.915. The normalized spacial score (nSPS) is 18.2. The zero-order chi connectivity index (χ0) is 30.1. The average Bonchev–Trinajstić information content (AvgIpc) is 3.64. The molecule has 0 spiro atoms. The lowest BCUT2D eigenvalue weighted by Crippen LogP contribution is -2.53. The van der Waals surface area contributed by atoms with Crippen molar-refractivity contribution >= 4 is 5.91 Å². The second-order valence-electron chi connectivity index (χ2n) is 10.7. The van der Waals surface area contributed by atoms with Crippen molar-refractivity contribution in [1.29, 1.82) is 5.26 Å². The lowest BCUT2D eigenvalue weighted by atomic mass is 9.89. The molecule has 3 atom stereocenters. The van der Waals surface area contributed by atoms with Gasteiger partial charge in [-0.05, 0) is 55.4 Å². The van der Waals surface area contributed by atoms with Crippen molar-refractivity contribution in [2.24, 2.45) is 0 Å². The van der Waals surface area contributed by atoms with E-state index in [1.54, 1.807) is 0 Å². The molecule has 218 valence electrons. The summed E-state index contributed by atoms with van der Waals surface area (Å²) in [6.07, 6.45) is -10.3. The first-order valence-corrected chi connectivity index (χ1v) is 12.6. The number of nitrogens with zero attached hydrogens (tertiary/aromatic N) is 1. The molecule has 3 rings (SSSR count). The van der Waals surface area contributed by atoms with Crippen LogP contribution in [0.5, 0.6) is 0 Å². The quantitative estimate of drug-likeness (QED) is 0.288. The Kier molecular flexibility index (Phi) is 8.63. The number of hydrogen-bond donors (Lipinski definition) is 3. The molecule has 1 unspecified atom stereocenters. The van der Waals surface area contributed by atoms with Gasteiger partial charge in [-0.25, -0.2) is 4.39 Å². The van der Waals surface area contributed by atoms with E-state index in [4.69, 9.17) is 0 Å². The van der Waals surface area contributed by atoms with E-state index < -0.39 is 60.0 Å². The van der Waals surface area contributed by atoms with Gasteiger partial charge < -0.3 is 10.4 Å². The lowest BCUT2D eigenvalue weighted by molar-refractivity contribution is -0.267. The third-order valence-corrected chi connectivity index (χ3v) is 6.95. The number of nitrogens with one attached hydrogen (secondary N) is 2. The van der Waals surface area contributed by atoms with Crippen LogP contribution in [0.2, 0.25) is 0 Å². The maximum absolute atomic E-state index is 14.5. The molecule has 5 nitrogen and oxygen atoms in total. The molecular weight excluding hydrogens is 543 g/mol. The molecule has 40 heavy (non-hydrogen) atoms. The third-order valence-electron chi connectivity index (χ3n) is 6.95. The van der Waals surface area contributed by atoms with Gasteiger partial charge in [0.05, 0.1) is 12.1 Å². The van der Waals surface area contributed by atoms with Crippen LogP contribution < -0.4 is 10.6 Å². The van der Waals surface area contributed by atoms with Crippen molar-refractivity contribution in [3.05, 3.63) is 59.7 Å². The molecule has 1 fully saturated rings. The summed E-state index contributed by atoms with van der Waals surface area (Å²) in [6.45, 7) is 3.46. The summed E-state index contributed by atoms with van der Waals surface area (Å²) in [6, 6.07) is 7.80. The summed E-state index contributed by atoms with van der Waals surface area (Å²) < 4.78 is 96.9. The number of halogens is 7. The number of hydrogen-bond acceptors (Lipinski definition) is 4. The van der Waals surface area contributed by atoms with E-state index in [0.717, 1.165) is 38.1 Å². The van der Waals surface area contributed by atoms with E-state index in [-0.39, 0.29) is 11.1 Å². The standard InChI is InChI=1S/C28H30F7N3O2/c1-4-26(40,28(33,34)35)20-11-9-18(10-12-20)17-5-7-19(8-6-17)22(27(30,31)32)37-21(15-24(2,3)29)23(39)38-25(16-36)13-14-25/h5-12,21-22,37,40H,4,13-15H2,1-3H3,(H,38,39)/t21-,22-,26?/m0/s1. The molecule has 2 aromatic rings. The highest BCUT2D eigenvalue weighted by Crippen LogP contribution is 2.42. The molecule has 1 saturated carbocycles. The van der Waals surface area contributed by atoms with Crippen LogP contribution in [0.15, 0.2) is 48.5 Å². The molecule has 12 heteroatoms. The number of rotatable bonds is 10. The Morgan fingerprint density at radius 3 is 1.85 bits per heavy atom. The minimum Gasteiger partial charge on any atom is -0.376 e. The summed E-state index contributed by atoms with van der Waals surface area (Å²) in [7, 11) is 0. The van der Waals surface area contributed by atoms with Gasteiger partial charge in [-0.3, -0.25) is 10.1 Å². The largest absolute Gasteiger partial charge is 0.421 e. The lowest BCUT2D eigenvalue weighted by Gasteiger charge is -2.30. The van der Waals surface area contributed by atoms with Gasteiger partial charge in [0.15, 0.2) is 5.60 Å². The van der Waals surface area contributed by atoms with Gasteiger partial charge in [-0.1, -0.05) is 55.5 Å². The zero-order valence-electron chi connectivity index (χ0n) is 22.1. The van der Waals surface area contributed by atoms with Crippen LogP contribution in [0.4, 0.5) is 30.7 Å². The van der Waals surface area contributed by atoms with E-state index in [0.29, 0.717) is 24.0 Å². The minimum absolute atomic E-state index is 0.277. The van der Waals surface area contributed by atoms with Crippen LogP contribution in [-0.2, 0) is 10.4 Å². The molecule has 0 radical (unpaired) electrons. The van der Waals surface area contributed by atoms with E-state index in [1.165, 1.54) is 31.2 Å². The number of amides is 1. The molecule has 3 N–H and O–H groups in total. The highest BCUT2D eigenvalue weighted by Gasteiger charge is 2.53. The zero-order valence-corrected chi connectivity index (χ0v) is 22.1. The van der Waals surface area contributed by atoms with E-state index in [1.807, 2.05) is 6.07 Å². The topological polar surface area (TPSA) is 85.2 Å². The van der Waals surface area contributed by atoms with Crippen LogP contribution in [0, 0.1) is 11.3 Å². The average molecular weight is 574 g/mol. The van der Waals surface area contributed by atoms with E-state index >= 15 is 0 Å². The van der Waals surface area contributed by atoms with E-state index in [9.17, 15) is 45.9 Å². The first-order chi connectivity index (χ1) is 18.3. The first kappa shape index (κ1) is 31.4. The van der Waals surface area contributed by atoms with Crippen LogP contribution in [-0.4, -0.2) is 40.6 Å². The fourth-order valence-corrected chi connectivity index (χ4v) is 4.38. The monoisotopic (exact) mass is 573 g/mol. The van der Waals surface area contributed by atoms with Gasteiger partial charge in [-0.15, -0.1) is 0 Å². The Bertz CT molecular complexity index is 1230. The SMILES string of the molecule is CCC(O)(c1ccc(-c2ccc([C@H](N[C@@H](CC(C)(C)F)C(=O)NC3(C#N)CC3)C(F)(F)F)cc2)cc1)C(F)(F)F. The highest BCUT2D eigenvalue weighted by atomic mass is 19.4. The highest BCUT2D eigenvalue weighted by molar-refractivity contribution is 5.83. The number of nitriles is 1. The van der Waals surface area contributed by atoms with Crippen LogP contribution >= 0.6 is 0 Å². The van der Waals surface area contributed by atoms with Crippen molar-refractivity contribution in [3.63, 3.8) is 0 Å². The first-order valence-electron chi connectivity index (χ1n) is 12.6. The van der Waals surface area contributed by atoms with Crippen molar-refractivity contribution in [2.45, 2.75) is 87.7 Å². The Morgan fingerprint density at radius 2 is 1.48 bits per heavy atom. The van der Waals surface area contributed by atoms with Crippen molar-refractivity contribution < 1.29 is 40.6 Å². The molecule has 0 saturated heterocycles. The predicted molar refractivity (Wildman–Crippen MR) is 133 cm³/mol. The maximum atomic E-state index is 14.5. The smallest absolute Gasteiger partial charge is 0.376 e. The summed E-state index contributed by atoms with van der Waals surface area (Å²) >= 11 is 0. The van der Waals surface area contributed by atoms with Crippen LogP contribution in [0.25, 0.3) is 11.1 Å². The molecule has 1 aliphatic carbocycles.